The molecule has 7 nitrogen and oxygen atoms in total. The van der Waals surface area contributed by atoms with Crippen LogP contribution in [0, 0.1) is 17.2 Å². The molecule has 1 aromatic carbocycles. The first kappa shape index (κ1) is 18.7. The lowest BCUT2D eigenvalue weighted by atomic mass is 9.94. The largest absolute Gasteiger partial charge is 0.392 e. The summed E-state index contributed by atoms with van der Waals surface area (Å²) in [7, 11) is 0. The molecule has 2 fully saturated rings. The van der Waals surface area contributed by atoms with Crippen molar-refractivity contribution in [1.29, 1.82) is 5.26 Å². The molecule has 2 saturated heterocycles. The first-order valence-electron chi connectivity index (χ1n) is 9.79. The van der Waals surface area contributed by atoms with Crippen molar-refractivity contribution in [2.75, 3.05) is 24.5 Å². The fourth-order valence-electron chi connectivity index (χ4n) is 4.39. The van der Waals surface area contributed by atoms with Crippen LogP contribution in [0.3, 0.4) is 0 Å². The third kappa shape index (κ3) is 3.66. The minimum atomic E-state index is -0.449. The number of aromatic nitrogens is 1. The summed E-state index contributed by atoms with van der Waals surface area (Å²) in [6, 6.07) is 9.62. The monoisotopic (exact) mass is 379 g/mol. The molecule has 4 atom stereocenters. The molecule has 2 aliphatic rings. The summed E-state index contributed by atoms with van der Waals surface area (Å²) >= 11 is 0. The van der Waals surface area contributed by atoms with Crippen LogP contribution in [-0.4, -0.2) is 53.8 Å². The number of rotatable bonds is 3. The maximum atomic E-state index is 12.6. The van der Waals surface area contributed by atoms with Crippen molar-refractivity contribution in [1.82, 2.24) is 15.6 Å². The van der Waals surface area contributed by atoms with Crippen molar-refractivity contribution in [3.8, 4) is 6.07 Å². The molecule has 0 saturated carbocycles. The number of carbonyl (C=O) groups excluding carboxylic acids is 1. The molecule has 3 heterocycles. The fourth-order valence-corrected chi connectivity index (χ4v) is 4.39. The number of fused-ring (bicyclic) bond motifs is 1. The van der Waals surface area contributed by atoms with Gasteiger partial charge in [0.15, 0.2) is 0 Å². The van der Waals surface area contributed by atoms with E-state index < -0.39 is 6.10 Å². The normalized spacial score (nSPS) is 27.5. The summed E-state index contributed by atoms with van der Waals surface area (Å²) in [5.41, 5.74) is 2.33. The Hall–Kier alpha value is -2.69. The number of benzene rings is 1. The number of piperidine rings is 1. The first-order valence-corrected chi connectivity index (χ1v) is 9.79. The van der Waals surface area contributed by atoms with E-state index in [1.807, 2.05) is 24.3 Å². The predicted octanol–water partition coefficient (Wildman–Crippen LogP) is 1.16. The van der Waals surface area contributed by atoms with Gasteiger partial charge < -0.3 is 20.6 Å². The number of anilines is 1. The van der Waals surface area contributed by atoms with Gasteiger partial charge in [-0.15, -0.1) is 0 Å². The molecule has 2 aromatic rings. The molecule has 2 aliphatic heterocycles. The SMILES string of the molecule is CC1CC(NC(=O)[C@@H]2C[C@@H](O)CN2)CN(c2ccc(C#N)c3ncccc23)C1. The number of amides is 1. The summed E-state index contributed by atoms with van der Waals surface area (Å²) in [5.74, 6) is 0.380. The molecule has 28 heavy (non-hydrogen) atoms. The second-order valence-electron chi connectivity index (χ2n) is 7.95. The van der Waals surface area contributed by atoms with Gasteiger partial charge in [0.2, 0.25) is 5.91 Å². The molecule has 4 rings (SSSR count). The van der Waals surface area contributed by atoms with Gasteiger partial charge in [-0.3, -0.25) is 9.78 Å². The van der Waals surface area contributed by atoms with Crippen LogP contribution >= 0.6 is 0 Å². The lowest BCUT2D eigenvalue weighted by Gasteiger charge is -2.39. The maximum Gasteiger partial charge on any atom is 0.237 e. The maximum absolute atomic E-state index is 12.6. The van der Waals surface area contributed by atoms with Gasteiger partial charge in [0.1, 0.15) is 6.07 Å². The molecular weight excluding hydrogens is 354 g/mol. The Balaban J connectivity index is 1.55. The number of nitrogens with one attached hydrogen (secondary N) is 2. The second kappa shape index (κ2) is 7.74. The van der Waals surface area contributed by atoms with E-state index in [0.29, 0.717) is 36.5 Å². The first-order chi connectivity index (χ1) is 13.5. The topological polar surface area (TPSA) is 101 Å². The second-order valence-corrected chi connectivity index (χ2v) is 7.95. The van der Waals surface area contributed by atoms with Crippen LogP contribution in [0.1, 0.15) is 25.3 Å². The number of aliphatic hydroxyl groups is 1. The highest BCUT2D eigenvalue weighted by Crippen LogP contribution is 2.31. The standard InChI is InChI=1S/C21H25N5O2/c1-13-7-15(25-21(28)18-8-16(27)10-24-18)12-26(11-13)19-5-4-14(9-22)20-17(19)3-2-6-23-20/h2-6,13,15-16,18,24,27H,7-8,10-12H2,1H3,(H,25,28)/t13?,15?,16-,18+/m1/s1. The van der Waals surface area contributed by atoms with E-state index in [9.17, 15) is 15.2 Å². The molecule has 7 heteroatoms. The van der Waals surface area contributed by atoms with Crippen molar-refractivity contribution in [2.24, 2.45) is 5.92 Å². The van der Waals surface area contributed by atoms with E-state index >= 15 is 0 Å². The molecule has 3 N–H and O–H groups in total. The minimum absolute atomic E-state index is 0.0399. The fraction of sp³-hybridized carbons (Fsp3) is 0.476. The lowest BCUT2D eigenvalue weighted by Crippen LogP contribution is -2.53. The van der Waals surface area contributed by atoms with Gasteiger partial charge in [-0.1, -0.05) is 6.92 Å². The summed E-state index contributed by atoms with van der Waals surface area (Å²) in [5, 5.41) is 26.2. The predicted molar refractivity (Wildman–Crippen MR) is 107 cm³/mol. The highest BCUT2D eigenvalue weighted by atomic mass is 16.3. The Bertz CT molecular complexity index is 925. The number of nitrogens with zero attached hydrogens (tertiary/aromatic N) is 3. The van der Waals surface area contributed by atoms with Crippen LogP contribution in [0.5, 0.6) is 0 Å². The Kier molecular flexibility index (Phi) is 5.16. The minimum Gasteiger partial charge on any atom is -0.392 e. The van der Waals surface area contributed by atoms with Crippen LogP contribution in [0.4, 0.5) is 5.69 Å². The van der Waals surface area contributed by atoms with Crippen molar-refractivity contribution in [3.63, 3.8) is 0 Å². The third-order valence-corrected chi connectivity index (χ3v) is 5.64. The number of β-amino-alcohol motifs (C(OH)–C–C–N with tert-alkyl or cyclic N) is 1. The zero-order valence-corrected chi connectivity index (χ0v) is 15.9. The van der Waals surface area contributed by atoms with Crippen LogP contribution in [0.25, 0.3) is 10.9 Å². The Morgan fingerprint density at radius 1 is 1.36 bits per heavy atom. The summed E-state index contributed by atoms with van der Waals surface area (Å²) in [4.78, 5) is 19.2. The van der Waals surface area contributed by atoms with Crippen molar-refractivity contribution in [3.05, 3.63) is 36.0 Å². The summed E-state index contributed by atoms with van der Waals surface area (Å²) in [6.45, 7) is 4.26. The summed E-state index contributed by atoms with van der Waals surface area (Å²) < 4.78 is 0. The smallest absolute Gasteiger partial charge is 0.237 e. The van der Waals surface area contributed by atoms with Gasteiger partial charge in [-0.2, -0.15) is 5.26 Å². The van der Waals surface area contributed by atoms with Gasteiger partial charge in [-0.05, 0) is 43.0 Å². The van der Waals surface area contributed by atoms with E-state index in [4.69, 9.17) is 0 Å². The zero-order valence-electron chi connectivity index (χ0n) is 15.9. The van der Waals surface area contributed by atoms with Gasteiger partial charge in [-0.25, -0.2) is 0 Å². The average Bonchev–Trinajstić information content (AvgIpc) is 3.13. The van der Waals surface area contributed by atoms with E-state index in [1.165, 1.54) is 0 Å². The molecule has 0 aliphatic carbocycles. The Morgan fingerprint density at radius 2 is 2.21 bits per heavy atom. The molecule has 2 unspecified atom stereocenters. The Morgan fingerprint density at radius 3 is 2.96 bits per heavy atom. The number of pyridine rings is 1. The zero-order chi connectivity index (χ0) is 19.7. The lowest BCUT2D eigenvalue weighted by molar-refractivity contribution is -0.123. The quantitative estimate of drug-likeness (QED) is 0.740. The van der Waals surface area contributed by atoms with Gasteiger partial charge in [0, 0.05) is 42.9 Å². The number of aliphatic hydroxyl groups excluding tert-OH is 1. The van der Waals surface area contributed by atoms with E-state index in [0.717, 1.165) is 24.0 Å². The van der Waals surface area contributed by atoms with E-state index in [-0.39, 0.29) is 18.0 Å². The van der Waals surface area contributed by atoms with E-state index in [2.05, 4.69) is 33.5 Å². The Labute approximate surface area is 164 Å². The average molecular weight is 379 g/mol. The van der Waals surface area contributed by atoms with Crippen molar-refractivity contribution < 1.29 is 9.90 Å². The summed E-state index contributed by atoms with van der Waals surface area (Å²) in [6.07, 6.45) is 2.64. The molecule has 1 amide bonds. The molecule has 0 radical (unpaired) electrons. The van der Waals surface area contributed by atoms with Crippen LogP contribution in [-0.2, 0) is 4.79 Å². The van der Waals surface area contributed by atoms with Gasteiger partial charge >= 0.3 is 0 Å². The van der Waals surface area contributed by atoms with E-state index in [1.54, 1.807) is 6.20 Å². The number of carbonyl (C=O) groups is 1. The highest BCUT2D eigenvalue weighted by Gasteiger charge is 2.32. The molecule has 0 spiro atoms. The molecular formula is C21H25N5O2. The highest BCUT2D eigenvalue weighted by molar-refractivity contribution is 5.95. The van der Waals surface area contributed by atoms with Gasteiger partial charge in [0.05, 0.1) is 23.2 Å². The van der Waals surface area contributed by atoms with Crippen molar-refractivity contribution >= 4 is 22.5 Å². The molecule has 1 aromatic heterocycles. The number of hydrogen-bond acceptors (Lipinski definition) is 6. The van der Waals surface area contributed by atoms with Crippen LogP contribution in [0.2, 0.25) is 0 Å². The van der Waals surface area contributed by atoms with Crippen LogP contribution < -0.4 is 15.5 Å². The molecule has 146 valence electrons. The van der Waals surface area contributed by atoms with Gasteiger partial charge in [0.25, 0.3) is 0 Å². The molecule has 0 bridgehead atoms. The van der Waals surface area contributed by atoms with Crippen molar-refractivity contribution in [2.45, 2.75) is 38.0 Å². The number of hydrogen-bond donors (Lipinski definition) is 3. The number of nitriles is 1. The van der Waals surface area contributed by atoms with Crippen LogP contribution in [0.15, 0.2) is 30.5 Å². The third-order valence-electron chi connectivity index (χ3n) is 5.64.